The van der Waals surface area contributed by atoms with Crippen LogP contribution in [0.15, 0.2) is 34.2 Å². The van der Waals surface area contributed by atoms with E-state index < -0.39 is 11.9 Å². The number of carbonyl (C=O) groups is 2. The van der Waals surface area contributed by atoms with Crippen LogP contribution in [-0.4, -0.2) is 18.4 Å². The molecule has 0 aromatic carbocycles. The van der Waals surface area contributed by atoms with Crippen LogP contribution in [0.3, 0.4) is 0 Å². The van der Waals surface area contributed by atoms with E-state index in [9.17, 15) is 9.59 Å². The van der Waals surface area contributed by atoms with Gasteiger partial charge in [0.15, 0.2) is 5.78 Å². The summed E-state index contributed by atoms with van der Waals surface area (Å²) in [4.78, 5) is 25.9. The maximum atomic E-state index is 12.5. The third-order valence-electron chi connectivity index (χ3n) is 4.14. The van der Waals surface area contributed by atoms with Gasteiger partial charge in [0.25, 0.3) is 0 Å². The quantitative estimate of drug-likeness (QED) is 0.861. The van der Waals surface area contributed by atoms with Crippen molar-refractivity contribution in [2.24, 2.45) is 5.73 Å². The molecule has 1 atom stereocenters. The summed E-state index contributed by atoms with van der Waals surface area (Å²) in [5.74, 6) is -0.323. The number of nitrogens with two attached hydrogens (primary N) is 1. The molecule has 0 bridgehead atoms. The molecule has 23 heavy (non-hydrogen) atoms. The highest BCUT2D eigenvalue weighted by atomic mass is 32.1. The van der Waals surface area contributed by atoms with Crippen molar-refractivity contribution in [2.75, 3.05) is 6.61 Å². The Kier molecular flexibility index (Phi) is 4.26. The molecule has 0 amide bonds. The molecule has 0 spiro atoms. The second-order valence-electron chi connectivity index (χ2n) is 5.61. The molecular formula is C17H19NO4S. The van der Waals surface area contributed by atoms with E-state index in [1.165, 1.54) is 11.3 Å². The second-order valence-corrected chi connectivity index (χ2v) is 6.56. The van der Waals surface area contributed by atoms with Crippen LogP contribution in [-0.2, 0) is 19.1 Å². The number of ether oxygens (including phenoxy) is 2. The summed E-state index contributed by atoms with van der Waals surface area (Å²) >= 11 is 1.52. The van der Waals surface area contributed by atoms with Crippen LogP contribution in [0.25, 0.3) is 0 Å². The van der Waals surface area contributed by atoms with Gasteiger partial charge in [0.05, 0.1) is 12.5 Å². The van der Waals surface area contributed by atoms with E-state index in [2.05, 4.69) is 0 Å². The number of esters is 1. The van der Waals surface area contributed by atoms with Gasteiger partial charge in [-0.25, -0.2) is 4.79 Å². The number of allylic oxidation sites excluding steroid dienone is 2. The average molecular weight is 333 g/mol. The van der Waals surface area contributed by atoms with Crippen molar-refractivity contribution >= 4 is 23.1 Å². The van der Waals surface area contributed by atoms with Crippen molar-refractivity contribution < 1.29 is 19.1 Å². The minimum absolute atomic E-state index is 0.0262. The molecule has 0 unspecified atom stereocenters. The number of rotatable bonds is 3. The van der Waals surface area contributed by atoms with Crippen molar-refractivity contribution in [3.63, 3.8) is 0 Å². The van der Waals surface area contributed by atoms with Gasteiger partial charge in [-0.05, 0) is 37.3 Å². The molecule has 6 heteroatoms. The van der Waals surface area contributed by atoms with Gasteiger partial charge in [-0.15, -0.1) is 11.3 Å². The van der Waals surface area contributed by atoms with E-state index in [0.717, 1.165) is 16.9 Å². The van der Waals surface area contributed by atoms with E-state index in [1.807, 2.05) is 18.4 Å². The fourth-order valence-electron chi connectivity index (χ4n) is 3.11. The number of hydrogen-bond donors (Lipinski definition) is 1. The first-order chi connectivity index (χ1) is 11.0. The van der Waals surface area contributed by atoms with Crippen molar-refractivity contribution in [2.45, 2.75) is 39.0 Å². The fraction of sp³-hybridized carbons (Fsp3) is 0.412. The van der Waals surface area contributed by atoms with Crippen LogP contribution in [0.1, 0.15) is 42.5 Å². The molecule has 0 saturated carbocycles. The lowest BCUT2D eigenvalue weighted by atomic mass is 9.79. The van der Waals surface area contributed by atoms with Crippen molar-refractivity contribution in [1.29, 1.82) is 0 Å². The van der Waals surface area contributed by atoms with Crippen molar-refractivity contribution in [3.05, 3.63) is 44.7 Å². The van der Waals surface area contributed by atoms with Crippen LogP contribution in [0.4, 0.5) is 0 Å². The zero-order chi connectivity index (χ0) is 16.6. The molecule has 1 aliphatic heterocycles. The Bertz CT molecular complexity index is 729. The van der Waals surface area contributed by atoms with Gasteiger partial charge in [-0.2, -0.15) is 0 Å². The lowest BCUT2D eigenvalue weighted by Crippen LogP contribution is -2.31. The molecule has 0 fully saturated rings. The highest BCUT2D eigenvalue weighted by molar-refractivity contribution is 7.10. The van der Waals surface area contributed by atoms with Gasteiger partial charge in [0.1, 0.15) is 11.3 Å². The Balaban J connectivity index is 2.17. The summed E-state index contributed by atoms with van der Waals surface area (Å²) < 4.78 is 10.8. The minimum Gasteiger partial charge on any atom is -0.462 e. The van der Waals surface area contributed by atoms with Gasteiger partial charge < -0.3 is 15.2 Å². The number of carbonyl (C=O) groups excluding carboxylic acids is 2. The number of Topliss-reactive ketones (excluding diaryl/α,β-unsaturated/α-hetero) is 1. The van der Waals surface area contributed by atoms with Crippen LogP contribution < -0.4 is 5.73 Å². The Hall–Kier alpha value is -2.08. The zero-order valence-electron chi connectivity index (χ0n) is 13.2. The van der Waals surface area contributed by atoms with Crippen LogP contribution in [0.2, 0.25) is 0 Å². The maximum Gasteiger partial charge on any atom is 0.340 e. The molecular weight excluding hydrogens is 314 g/mol. The predicted octanol–water partition coefficient (Wildman–Crippen LogP) is 2.91. The normalized spacial score (nSPS) is 21.1. The van der Waals surface area contributed by atoms with Crippen LogP contribution in [0.5, 0.6) is 0 Å². The molecule has 122 valence electrons. The van der Waals surface area contributed by atoms with Gasteiger partial charge in [-0.1, -0.05) is 0 Å². The fourth-order valence-corrected chi connectivity index (χ4v) is 4.15. The molecule has 2 heterocycles. The van der Waals surface area contributed by atoms with Crippen LogP contribution >= 0.6 is 11.3 Å². The molecule has 0 saturated heterocycles. The monoisotopic (exact) mass is 333 g/mol. The summed E-state index contributed by atoms with van der Waals surface area (Å²) in [5, 5.41) is 1.95. The number of thiophene rings is 1. The van der Waals surface area contributed by atoms with E-state index >= 15 is 0 Å². The van der Waals surface area contributed by atoms with Crippen molar-refractivity contribution in [1.82, 2.24) is 0 Å². The summed E-state index contributed by atoms with van der Waals surface area (Å²) in [6.45, 7) is 3.94. The molecule has 1 aromatic rings. The zero-order valence-corrected chi connectivity index (χ0v) is 14.0. The lowest BCUT2D eigenvalue weighted by Gasteiger charge is -2.32. The first kappa shape index (κ1) is 15.8. The highest BCUT2D eigenvalue weighted by Gasteiger charge is 2.42. The van der Waals surface area contributed by atoms with E-state index in [-0.39, 0.29) is 23.8 Å². The third kappa shape index (κ3) is 2.67. The molecule has 0 radical (unpaired) electrons. The average Bonchev–Trinajstić information content (AvgIpc) is 2.92. The molecule has 1 aliphatic carbocycles. The van der Waals surface area contributed by atoms with E-state index in [4.69, 9.17) is 15.2 Å². The standard InChI is InChI=1S/C17H19NO4S/c1-3-21-17(20)14-13(15-9(2)7-8-23-15)12-10(19)5-4-6-11(12)22-16(14)18/h7-8,13H,3-6,18H2,1-2H3/t13-/m0/s1. The smallest absolute Gasteiger partial charge is 0.340 e. The first-order valence-corrected chi connectivity index (χ1v) is 8.57. The summed E-state index contributed by atoms with van der Waals surface area (Å²) in [6, 6.07) is 1.97. The van der Waals surface area contributed by atoms with Gasteiger partial charge in [-0.3, -0.25) is 4.79 Å². The van der Waals surface area contributed by atoms with Gasteiger partial charge in [0.2, 0.25) is 5.88 Å². The molecule has 2 aliphatic rings. The summed E-state index contributed by atoms with van der Waals surface area (Å²) in [5.41, 5.74) is 7.86. The Morgan fingerprint density at radius 1 is 1.48 bits per heavy atom. The number of ketones is 1. The predicted molar refractivity (Wildman–Crippen MR) is 86.6 cm³/mol. The molecule has 3 rings (SSSR count). The maximum absolute atomic E-state index is 12.5. The largest absolute Gasteiger partial charge is 0.462 e. The van der Waals surface area contributed by atoms with Crippen molar-refractivity contribution in [3.8, 4) is 0 Å². The minimum atomic E-state index is -0.521. The van der Waals surface area contributed by atoms with Gasteiger partial charge in [0, 0.05) is 23.3 Å². The third-order valence-corrected chi connectivity index (χ3v) is 5.23. The van der Waals surface area contributed by atoms with E-state index in [1.54, 1.807) is 6.92 Å². The summed E-state index contributed by atoms with van der Waals surface area (Å²) in [7, 11) is 0. The number of aryl methyl sites for hydroxylation is 1. The number of hydrogen-bond acceptors (Lipinski definition) is 6. The topological polar surface area (TPSA) is 78.6 Å². The second kappa shape index (κ2) is 6.20. The summed E-state index contributed by atoms with van der Waals surface area (Å²) in [6.07, 6.45) is 1.88. The Morgan fingerprint density at radius 3 is 2.91 bits per heavy atom. The molecule has 5 nitrogen and oxygen atoms in total. The van der Waals surface area contributed by atoms with E-state index in [0.29, 0.717) is 24.2 Å². The first-order valence-electron chi connectivity index (χ1n) is 7.69. The van der Waals surface area contributed by atoms with Gasteiger partial charge >= 0.3 is 5.97 Å². The molecule has 2 N–H and O–H groups in total. The SMILES string of the molecule is CCOC(=O)C1=C(N)OC2=C(C(=O)CCC2)[C@@H]1c1sccc1C. The lowest BCUT2D eigenvalue weighted by molar-refractivity contribution is -0.139. The molecule has 1 aromatic heterocycles. The highest BCUT2D eigenvalue weighted by Crippen LogP contribution is 2.46. The Morgan fingerprint density at radius 2 is 2.26 bits per heavy atom. The van der Waals surface area contributed by atoms with Crippen LogP contribution in [0, 0.1) is 6.92 Å². The Labute approximate surface area is 138 Å².